The molecule has 0 amide bonds. The fraction of sp³-hybridized carbons (Fsp3) is 0.500. The van der Waals surface area contributed by atoms with Gasteiger partial charge < -0.3 is 10.6 Å². The lowest BCUT2D eigenvalue weighted by atomic mass is 10.0. The molecular weight excluding hydrogens is 246 g/mol. The highest BCUT2D eigenvalue weighted by molar-refractivity contribution is 5.60. The molecule has 0 radical (unpaired) electrons. The van der Waals surface area contributed by atoms with Gasteiger partial charge in [0, 0.05) is 31.4 Å². The van der Waals surface area contributed by atoms with Gasteiger partial charge in [0.1, 0.15) is 6.07 Å². The molecule has 0 saturated carbocycles. The van der Waals surface area contributed by atoms with E-state index in [1.54, 1.807) is 0 Å². The minimum atomic E-state index is -0.495. The van der Waals surface area contributed by atoms with Crippen LogP contribution in [0, 0.1) is 21.4 Å². The maximum absolute atomic E-state index is 11.1. The summed E-state index contributed by atoms with van der Waals surface area (Å²) < 4.78 is 0. The van der Waals surface area contributed by atoms with E-state index in [1.807, 2.05) is 11.0 Å². The summed E-state index contributed by atoms with van der Waals surface area (Å²) in [5, 5.41) is 19.9. The summed E-state index contributed by atoms with van der Waals surface area (Å²) in [6, 6.07) is 3.21. The average molecular weight is 261 g/mol. The smallest absolute Gasteiger partial charge is 0.312 e. The topological polar surface area (TPSA) is 109 Å². The Hall–Kier alpha value is -2.20. The Kier molecular flexibility index (Phi) is 3.92. The second-order valence-corrected chi connectivity index (χ2v) is 4.51. The lowest BCUT2D eigenvalue weighted by Gasteiger charge is -2.35. The van der Waals surface area contributed by atoms with Gasteiger partial charge in [-0.15, -0.1) is 0 Å². The number of nitro groups is 1. The zero-order valence-corrected chi connectivity index (χ0v) is 10.5. The number of anilines is 1. The van der Waals surface area contributed by atoms with Crippen LogP contribution in [0.25, 0.3) is 0 Å². The second-order valence-electron chi connectivity index (χ2n) is 4.51. The van der Waals surface area contributed by atoms with E-state index in [1.165, 1.54) is 12.3 Å². The molecule has 0 aromatic carbocycles. The predicted molar refractivity (Wildman–Crippen MR) is 69.6 cm³/mol. The Morgan fingerprint density at radius 3 is 3.05 bits per heavy atom. The first-order valence-electron chi connectivity index (χ1n) is 6.18. The van der Waals surface area contributed by atoms with Crippen molar-refractivity contribution < 1.29 is 4.92 Å². The highest BCUT2D eigenvalue weighted by atomic mass is 16.6. The maximum atomic E-state index is 11.1. The highest BCUT2D eigenvalue weighted by Crippen LogP contribution is 2.31. The molecule has 2 heterocycles. The Bertz CT molecular complexity index is 525. The van der Waals surface area contributed by atoms with Crippen molar-refractivity contribution in [1.82, 2.24) is 4.98 Å². The first kappa shape index (κ1) is 13.2. The minimum Gasteiger partial charge on any atom is -0.347 e. The van der Waals surface area contributed by atoms with Crippen LogP contribution in [0.3, 0.4) is 0 Å². The molecule has 7 nitrogen and oxygen atoms in total. The van der Waals surface area contributed by atoms with Gasteiger partial charge in [0.15, 0.2) is 0 Å². The zero-order valence-electron chi connectivity index (χ0n) is 10.5. The van der Waals surface area contributed by atoms with Crippen molar-refractivity contribution in [3.63, 3.8) is 0 Å². The Labute approximate surface area is 110 Å². The van der Waals surface area contributed by atoms with E-state index < -0.39 is 4.92 Å². The molecule has 1 saturated heterocycles. The van der Waals surface area contributed by atoms with Crippen LogP contribution in [-0.2, 0) is 0 Å². The minimum absolute atomic E-state index is 0.0767. The van der Waals surface area contributed by atoms with Gasteiger partial charge >= 0.3 is 5.69 Å². The number of nitrogens with two attached hydrogens (primary N) is 1. The fourth-order valence-corrected chi connectivity index (χ4v) is 2.39. The lowest BCUT2D eigenvalue weighted by Crippen LogP contribution is -2.44. The van der Waals surface area contributed by atoms with Crippen LogP contribution < -0.4 is 10.6 Å². The van der Waals surface area contributed by atoms with Crippen molar-refractivity contribution >= 4 is 11.5 Å². The molecule has 19 heavy (non-hydrogen) atoms. The SMILES string of the molecule is N#Cc1cnc(N2CCCCC2CN)c([N+](=O)[O-])c1. The van der Waals surface area contributed by atoms with E-state index in [-0.39, 0.29) is 17.3 Å². The van der Waals surface area contributed by atoms with Gasteiger partial charge in [-0.05, 0) is 19.3 Å². The molecule has 1 aromatic rings. The standard InChI is InChI=1S/C12H15N5O2/c13-6-9-5-11(17(18)19)12(15-8-9)16-4-2-1-3-10(16)7-14/h5,8,10H,1-4,7,14H2. The lowest BCUT2D eigenvalue weighted by molar-refractivity contribution is -0.384. The van der Waals surface area contributed by atoms with Crippen molar-refractivity contribution in [2.24, 2.45) is 5.73 Å². The van der Waals surface area contributed by atoms with Crippen LogP contribution in [-0.4, -0.2) is 29.0 Å². The van der Waals surface area contributed by atoms with Crippen LogP contribution in [0.1, 0.15) is 24.8 Å². The number of pyridine rings is 1. The molecule has 100 valence electrons. The Morgan fingerprint density at radius 1 is 1.63 bits per heavy atom. The Morgan fingerprint density at radius 2 is 2.42 bits per heavy atom. The largest absolute Gasteiger partial charge is 0.347 e. The number of hydrogen-bond donors (Lipinski definition) is 1. The van der Waals surface area contributed by atoms with Crippen molar-refractivity contribution in [2.45, 2.75) is 25.3 Å². The zero-order chi connectivity index (χ0) is 13.8. The number of piperidine rings is 1. The van der Waals surface area contributed by atoms with E-state index in [9.17, 15) is 10.1 Å². The van der Waals surface area contributed by atoms with E-state index >= 15 is 0 Å². The molecule has 1 aromatic heterocycles. The van der Waals surface area contributed by atoms with Gasteiger partial charge in [0.2, 0.25) is 5.82 Å². The van der Waals surface area contributed by atoms with Crippen molar-refractivity contribution in [1.29, 1.82) is 5.26 Å². The van der Waals surface area contributed by atoms with Gasteiger partial charge in [-0.1, -0.05) is 0 Å². The monoisotopic (exact) mass is 261 g/mol. The number of nitriles is 1. The first-order valence-corrected chi connectivity index (χ1v) is 6.18. The highest BCUT2D eigenvalue weighted by Gasteiger charge is 2.28. The molecule has 0 bridgehead atoms. The van der Waals surface area contributed by atoms with Gasteiger partial charge in [-0.2, -0.15) is 5.26 Å². The third kappa shape index (κ3) is 2.63. The summed E-state index contributed by atoms with van der Waals surface area (Å²) in [4.78, 5) is 16.6. The van der Waals surface area contributed by atoms with Crippen molar-refractivity contribution in [2.75, 3.05) is 18.0 Å². The predicted octanol–water partition coefficient (Wildman–Crippen LogP) is 1.18. The summed E-state index contributed by atoms with van der Waals surface area (Å²) in [7, 11) is 0. The van der Waals surface area contributed by atoms with Crippen LogP contribution >= 0.6 is 0 Å². The molecule has 2 N–H and O–H groups in total. The molecule has 1 unspecified atom stereocenters. The van der Waals surface area contributed by atoms with Crippen LogP contribution in [0.2, 0.25) is 0 Å². The van der Waals surface area contributed by atoms with E-state index in [2.05, 4.69) is 4.98 Å². The third-order valence-corrected chi connectivity index (χ3v) is 3.34. The number of hydrogen-bond acceptors (Lipinski definition) is 6. The van der Waals surface area contributed by atoms with Gasteiger partial charge in [0.05, 0.1) is 10.5 Å². The molecule has 1 aliphatic rings. The van der Waals surface area contributed by atoms with Crippen LogP contribution in [0.15, 0.2) is 12.3 Å². The second kappa shape index (κ2) is 5.63. The van der Waals surface area contributed by atoms with Crippen molar-refractivity contribution in [3.05, 3.63) is 27.9 Å². The van der Waals surface area contributed by atoms with Gasteiger partial charge in [-0.25, -0.2) is 4.98 Å². The summed E-state index contributed by atoms with van der Waals surface area (Å²) in [6.45, 7) is 1.15. The quantitative estimate of drug-likeness (QED) is 0.646. The summed E-state index contributed by atoms with van der Waals surface area (Å²) in [6.07, 6.45) is 4.32. The first-order chi connectivity index (χ1) is 9.17. The molecule has 1 atom stereocenters. The summed E-state index contributed by atoms with van der Waals surface area (Å²) >= 11 is 0. The molecular formula is C12H15N5O2. The number of aromatic nitrogens is 1. The van der Waals surface area contributed by atoms with Crippen LogP contribution in [0.4, 0.5) is 11.5 Å². The molecule has 1 aliphatic heterocycles. The molecule has 0 spiro atoms. The summed E-state index contributed by atoms with van der Waals surface area (Å²) in [5.41, 5.74) is 5.79. The molecule has 7 heteroatoms. The van der Waals surface area contributed by atoms with E-state index in [4.69, 9.17) is 11.0 Å². The van der Waals surface area contributed by atoms with Gasteiger partial charge in [0.25, 0.3) is 0 Å². The van der Waals surface area contributed by atoms with Crippen LogP contribution in [0.5, 0.6) is 0 Å². The van der Waals surface area contributed by atoms with E-state index in [0.717, 1.165) is 19.3 Å². The van der Waals surface area contributed by atoms with Crippen molar-refractivity contribution in [3.8, 4) is 6.07 Å². The summed E-state index contributed by atoms with van der Waals surface area (Å²) in [5.74, 6) is 0.319. The molecule has 0 aliphatic carbocycles. The number of nitrogens with zero attached hydrogens (tertiary/aromatic N) is 4. The normalized spacial score (nSPS) is 18.9. The maximum Gasteiger partial charge on any atom is 0.312 e. The average Bonchev–Trinajstić information content (AvgIpc) is 2.46. The van der Waals surface area contributed by atoms with Gasteiger partial charge in [-0.3, -0.25) is 10.1 Å². The molecule has 1 fully saturated rings. The fourth-order valence-electron chi connectivity index (χ4n) is 2.39. The Balaban J connectivity index is 2.43. The van der Waals surface area contributed by atoms with E-state index in [0.29, 0.717) is 18.9 Å². The third-order valence-electron chi connectivity index (χ3n) is 3.34. The molecule has 2 rings (SSSR count). The number of rotatable bonds is 3.